The monoisotopic (exact) mass is 316 g/mol. The molecule has 0 saturated carbocycles. The molecule has 0 heterocycles. The summed E-state index contributed by atoms with van der Waals surface area (Å²) < 4.78 is 14.2. The van der Waals surface area contributed by atoms with Gasteiger partial charge in [0.05, 0.1) is 0 Å². The number of aromatic carboxylic acids is 1. The Hall–Kier alpha value is -1.17. The maximum absolute atomic E-state index is 13.8. The van der Waals surface area contributed by atoms with Crippen LogP contribution in [0.15, 0.2) is 30.3 Å². The molecule has 0 fully saturated rings. The van der Waals surface area contributed by atoms with Gasteiger partial charge in [-0.1, -0.05) is 24.3 Å². The molecule has 2 rings (SSSR count). The third kappa shape index (κ3) is 1.69. The van der Waals surface area contributed by atoms with E-state index >= 15 is 0 Å². The molecule has 0 aliphatic rings. The first-order valence-corrected chi connectivity index (χ1v) is 5.29. The van der Waals surface area contributed by atoms with Gasteiger partial charge in [-0.05, 0) is 34.0 Å². The normalized spacial score (nSPS) is 10.5. The van der Waals surface area contributed by atoms with Crippen molar-refractivity contribution in [2.45, 2.75) is 0 Å². The molecule has 0 bridgehead atoms. The molecule has 2 aromatic rings. The predicted octanol–water partition coefficient (Wildman–Crippen LogP) is 3.28. The molecule has 15 heavy (non-hydrogen) atoms. The molecule has 0 aliphatic carbocycles. The van der Waals surface area contributed by atoms with Crippen molar-refractivity contribution in [1.82, 2.24) is 0 Å². The summed E-state index contributed by atoms with van der Waals surface area (Å²) in [6.45, 7) is 0. The van der Waals surface area contributed by atoms with Crippen molar-refractivity contribution in [3.8, 4) is 0 Å². The van der Waals surface area contributed by atoms with E-state index in [1.54, 1.807) is 30.3 Å². The van der Waals surface area contributed by atoms with Crippen LogP contribution in [0, 0.1) is 9.39 Å². The Kier molecular flexibility index (Phi) is 2.60. The summed E-state index contributed by atoms with van der Waals surface area (Å²) >= 11 is 1.83. The second kappa shape index (κ2) is 3.77. The minimum atomic E-state index is -1.23. The van der Waals surface area contributed by atoms with E-state index in [4.69, 9.17) is 5.11 Å². The molecular weight excluding hydrogens is 310 g/mol. The second-order valence-electron chi connectivity index (χ2n) is 3.07. The highest BCUT2D eigenvalue weighted by molar-refractivity contribution is 14.1. The zero-order valence-electron chi connectivity index (χ0n) is 7.50. The van der Waals surface area contributed by atoms with Crippen LogP contribution in [0.3, 0.4) is 0 Å². The first-order valence-electron chi connectivity index (χ1n) is 4.21. The van der Waals surface area contributed by atoms with Crippen LogP contribution in [0.4, 0.5) is 4.39 Å². The first kappa shape index (κ1) is 10.4. The van der Waals surface area contributed by atoms with E-state index in [2.05, 4.69) is 0 Å². The number of benzene rings is 2. The summed E-state index contributed by atoms with van der Waals surface area (Å²) in [5.41, 5.74) is -0.255. The van der Waals surface area contributed by atoms with Gasteiger partial charge in [-0.15, -0.1) is 0 Å². The Morgan fingerprint density at radius 3 is 2.67 bits per heavy atom. The van der Waals surface area contributed by atoms with Crippen molar-refractivity contribution in [3.05, 3.63) is 45.3 Å². The van der Waals surface area contributed by atoms with Gasteiger partial charge in [0.1, 0.15) is 11.4 Å². The minimum Gasteiger partial charge on any atom is -0.478 e. The standard InChI is InChI=1S/C11H6FIO2/c12-10-7-4-2-1-3-6(7)5-8(13)9(10)11(14)15/h1-5H,(H,14,15). The van der Waals surface area contributed by atoms with Gasteiger partial charge in [-0.2, -0.15) is 0 Å². The molecule has 0 aliphatic heterocycles. The third-order valence-corrected chi connectivity index (χ3v) is 3.00. The molecule has 1 N–H and O–H groups in total. The Labute approximate surface area is 98.9 Å². The molecule has 0 aromatic heterocycles. The number of carbonyl (C=O) groups is 1. The lowest BCUT2D eigenvalue weighted by atomic mass is 10.1. The van der Waals surface area contributed by atoms with Crippen LogP contribution < -0.4 is 0 Å². The fourth-order valence-corrected chi connectivity index (χ4v) is 2.27. The van der Waals surface area contributed by atoms with E-state index in [0.29, 0.717) is 14.3 Å². The van der Waals surface area contributed by atoms with E-state index in [1.807, 2.05) is 22.6 Å². The van der Waals surface area contributed by atoms with Gasteiger partial charge in [0.15, 0.2) is 0 Å². The quantitative estimate of drug-likeness (QED) is 0.820. The van der Waals surface area contributed by atoms with Gasteiger partial charge in [0.2, 0.25) is 0 Å². The number of carboxylic acids is 1. The summed E-state index contributed by atoms with van der Waals surface area (Å²) in [6, 6.07) is 8.48. The summed E-state index contributed by atoms with van der Waals surface area (Å²) in [4.78, 5) is 10.8. The number of halogens is 2. The molecule has 4 heteroatoms. The van der Waals surface area contributed by atoms with Gasteiger partial charge < -0.3 is 5.11 Å². The van der Waals surface area contributed by atoms with Crippen molar-refractivity contribution >= 4 is 39.3 Å². The smallest absolute Gasteiger partial charge is 0.339 e. The molecule has 2 aromatic carbocycles. The molecule has 0 radical (unpaired) electrons. The van der Waals surface area contributed by atoms with Crippen LogP contribution in [0.2, 0.25) is 0 Å². The topological polar surface area (TPSA) is 37.3 Å². The summed E-state index contributed by atoms with van der Waals surface area (Å²) in [5, 5.41) is 9.92. The van der Waals surface area contributed by atoms with E-state index < -0.39 is 11.8 Å². The predicted molar refractivity (Wildman–Crippen MR) is 63.6 cm³/mol. The number of fused-ring (bicyclic) bond motifs is 1. The molecular formula is C11H6FIO2. The zero-order valence-corrected chi connectivity index (χ0v) is 9.66. The summed E-state index contributed by atoms with van der Waals surface area (Å²) in [6.07, 6.45) is 0. The van der Waals surface area contributed by atoms with Crippen LogP contribution in [0.5, 0.6) is 0 Å². The second-order valence-corrected chi connectivity index (χ2v) is 4.24. The van der Waals surface area contributed by atoms with Crippen LogP contribution in [-0.2, 0) is 0 Å². The van der Waals surface area contributed by atoms with Crippen molar-refractivity contribution in [3.63, 3.8) is 0 Å². The molecule has 0 unspecified atom stereocenters. The minimum absolute atomic E-state index is 0.255. The summed E-state index contributed by atoms with van der Waals surface area (Å²) in [5.74, 6) is -1.90. The van der Waals surface area contributed by atoms with E-state index in [1.165, 1.54) is 0 Å². The van der Waals surface area contributed by atoms with Gasteiger partial charge in [0, 0.05) is 8.96 Å². The average molecular weight is 316 g/mol. The average Bonchev–Trinajstić information content (AvgIpc) is 2.17. The highest BCUT2D eigenvalue weighted by Crippen LogP contribution is 2.25. The van der Waals surface area contributed by atoms with Gasteiger partial charge in [-0.25, -0.2) is 9.18 Å². The highest BCUT2D eigenvalue weighted by Gasteiger charge is 2.17. The number of carboxylic acid groups (broad SMARTS) is 1. The van der Waals surface area contributed by atoms with Crippen molar-refractivity contribution in [2.75, 3.05) is 0 Å². The fourth-order valence-electron chi connectivity index (χ4n) is 1.47. The van der Waals surface area contributed by atoms with Crippen molar-refractivity contribution < 1.29 is 14.3 Å². The fraction of sp³-hybridized carbons (Fsp3) is 0. The lowest BCUT2D eigenvalue weighted by Crippen LogP contribution is -2.04. The maximum Gasteiger partial charge on any atom is 0.339 e. The van der Waals surface area contributed by atoms with E-state index in [-0.39, 0.29) is 5.56 Å². The van der Waals surface area contributed by atoms with E-state index in [0.717, 1.165) is 0 Å². The van der Waals surface area contributed by atoms with E-state index in [9.17, 15) is 9.18 Å². The molecule has 0 atom stereocenters. The largest absolute Gasteiger partial charge is 0.478 e. The molecule has 0 saturated heterocycles. The zero-order chi connectivity index (χ0) is 11.0. The summed E-state index contributed by atoms with van der Waals surface area (Å²) in [7, 11) is 0. The van der Waals surface area contributed by atoms with Gasteiger partial charge in [0.25, 0.3) is 0 Å². The van der Waals surface area contributed by atoms with Crippen molar-refractivity contribution in [2.24, 2.45) is 0 Å². The Morgan fingerprint density at radius 1 is 1.33 bits per heavy atom. The number of rotatable bonds is 1. The number of hydrogen-bond acceptors (Lipinski definition) is 1. The van der Waals surface area contributed by atoms with Crippen LogP contribution in [-0.4, -0.2) is 11.1 Å². The van der Waals surface area contributed by atoms with Crippen molar-refractivity contribution in [1.29, 1.82) is 0 Å². The Bertz CT molecular complexity index is 552. The Balaban J connectivity index is 2.90. The SMILES string of the molecule is O=C(O)c1c(I)cc2ccccc2c1F. The molecule has 2 nitrogen and oxygen atoms in total. The Morgan fingerprint density at radius 2 is 2.00 bits per heavy atom. The first-order chi connectivity index (χ1) is 7.11. The molecule has 0 spiro atoms. The number of hydrogen-bond donors (Lipinski definition) is 1. The lowest BCUT2D eigenvalue weighted by molar-refractivity contribution is 0.0691. The highest BCUT2D eigenvalue weighted by atomic mass is 127. The third-order valence-electron chi connectivity index (χ3n) is 2.15. The van der Waals surface area contributed by atoms with Crippen LogP contribution >= 0.6 is 22.6 Å². The molecule has 0 amide bonds. The molecule has 76 valence electrons. The maximum atomic E-state index is 13.8. The van der Waals surface area contributed by atoms with Crippen LogP contribution in [0.25, 0.3) is 10.8 Å². The van der Waals surface area contributed by atoms with Gasteiger partial charge >= 0.3 is 5.97 Å². The van der Waals surface area contributed by atoms with Gasteiger partial charge in [-0.3, -0.25) is 0 Å². The van der Waals surface area contributed by atoms with Crippen LogP contribution in [0.1, 0.15) is 10.4 Å². The lowest BCUT2D eigenvalue weighted by Gasteiger charge is -2.05.